The second kappa shape index (κ2) is 8.72. The Bertz CT molecular complexity index is 844. The van der Waals surface area contributed by atoms with Crippen LogP contribution in [0, 0.1) is 0 Å². The molecule has 0 bridgehead atoms. The first kappa shape index (κ1) is 21.9. The van der Waals surface area contributed by atoms with Crippen LogP contribution in [0.2, 0.25) is 0 Å². The van der Waals surface area contributed by atoms with Gasteiger partial charge in [0.05, 0.1) is 6.10 Å². The number of alkyl halides is 1. The van der Waals surface area contributed by atoms with Crippen molar-refractivity contribution in [2.24, 2.45) is 0 Å². The zero-order valence-electron chi connectivity index (χ0n) is 14.6. The van der Waals surface area contributed by atoms with E-state index in [0.29, 0.717) is 0 Å². The highest BCUT2D eigenvalue weighted by Gasteiger charge is 2.47. The molecule has 13 heteroatoms. The van der Waals surface area contributed by atoms with Gasteiger partial charge in [0, 0.05) is 18.8 Å². The fourth-order valence-electron chi connectivity index (χ4n) is 2.66. The minimum Gasteiger partial charge on any atom is -0.481 e. The number of carbonyl (C=O) groups is 1. The zero-order valence-corrected chi connectivity index (χ0v) is 16.3. The summed E-state index contributed by atoms with van der Waals surface area (Å²) >= 11 is 4.86. The third kappa shape index (κ3) is 5.77. The van der Waals surface area contributed by atoms with Crippen LogP contribution >= 0.6 is 6.42 Å². The second-order valence-corrected chi connectivity index (χ2v) is 10.1. The van der Waals surface area contributed by atoms with E-state index in [2.05, 4.69) is 5.09 Å². The van der Waals surface area contributed by atoms with Gasteiger partial charge >= 0.3 is 11.7 Å². The molecule has 1 fully saturated rings. The van der Waals surface area contributed by atoms with Gasteiger partial charge in [0.25, 0.3) is 5.56 Å². The van der Waals surface area contributed by atoms with Gasteiger partial charge in [0.15, 0.2) is 12.4 Å². The summed E-state index contributed by atoms with van der Waals surface area (Å²) in [4.78, 5) is 45.9. The lowest BCUT2D eigenvalue weighted by Crippen LogP contribution is -2.40. The van der Waals surface area contributed by atoms with Crippen LogP contribution in [0.1, 0.15) is 20.1 Å². The SMILES string of the molecule is CC(C)O[C@H]1[C@@H](F)[C@H](n2ccc(=O)[nH]c2=O)O[C@@H]1CNP(O)(=S)CC(=O)O. The van der Waals surface area contributed by atoms with Crippen molar-refractivity contribution in [2.45, 2.75) is 44.6 Å². The molecule has 5 atom stereocenters. The molecule has 0 amide bonds. The van der Waals surface area contributed by atoms with Gasteiger partial charge in [0.1, 0.15) is 24.8 Å². The molecule has 0 aromatic carbocycles. The van der Waals surface area contributed by atoms with Crippen molar-refractivity contribution in [2.75, 3.05) is 12.7 Å². The molecule has 4 N–H and O–H groups in total. The Labute approximate surface area is 158 Å². The summed E-state index contributed by atoms with van der Waals surface area (Å²) < 4.78 is 27.0. The standard InChI is InChI=1S/C14H21FN3O7PS/c1-7(2)24-12-8(5-16-26(23,27)6-10(20)21)25-13(11(12)15)18-4-3-9(19)17-14(18)22/h3-4,7-8,11-13H,5-6H2,1-2H3,(H,20,21)(H2,16,23,27)(H,17,19,22)/t8-,11-,12-,13-,26?/m1/s1. The smallest absolute Gasteiger partial charge is 0.330 e. The summed E-state index contributed by atoms with van der Waals surface area (Å²) in [5.74, 6) is -1.27. The third-order valence-corrected chi connectivity index (χ3v) is 5.86. The molecule has 1 saturated heterocycles. The summed E-state index contributed by atoms with van der Waals surface area (Å²) in [5, 5.41) is 11.3. The van der Waals surface area contributed by atoms with Crippen LogP contribution in [0.15, 0.2) is 21.9 Å². The summed E-state index contributed by atoms with van der Waals surface area (Å²) in [6.07, 6.45) is -8.43. The number of nitrogens with one attached hydrogen (secondary N) is 2. The van der Waals surface area contributed by atoms with Crippen LogP contribution in [0.4, 0.5) is 4.39 Å². The number of aliphatic carboxylic acids is 1. The van der Waals surface area contributed by atoms with Gasteiger partial charge in [-0.3, -0.25) is 24.2 Å². The van der Waals surface area contributed by atoms with Gasteiger partial charge in [-0.25, -0.2) is 9.18 Å². The first-order chi connectivity index (χ1) is 12.5. The molecular weight excluding hydrogens is 404 g/mol. The van der Waals surface area contributed by atoms with Crippen molar-refractivity contribution in [3.8, 4) is 0 Å². The predicted molar refractivity (Wildman–Crippen MR) is 97.1 cm³/mol. The van der Waals surface area contributed by atoms with Crippen LogP contribution in [0.25, 0.3) is 0 Å². The molecule has 0 spiro atoms. The summed E-state index contributed by atoms with van der Waals surface area (Å²) in [7, 11) is 0. The Morgan fingerprint density at radius 1 is 1.56 bits per heavy atom. The van der Waals surface area contributed by atoms with E-state index in [9.17, 15) is 23.7 Å². The van der Waals surface area contributed by atoms with Gasteiger partial charge < -0.3 is 19.5 Å². The van der Waals surface area contributed by atoms with Gasteiger partial charge in [-0.2, -0.15) is 0 Å². The van der Waals surface area contributed by atoms with Crippen molar-refractivity contribution in [1.29, 1.82) is 0 Å². The van der Waals surface area contributed by atoms with E-state index < -0.39 is 54.4 Å². The molecule has 0 saturated carbocycles. The van der Waals surface area contributed by atoms with Crippen molar-refractivity contribution in [3.63, 3.8) is 0 Å². The number of halogens is 1. The number of carboxylic acids is 1. The number of aromatic nitrogens is 2. The predicted octanol–water partition coefficient (Wildman–Crippen LogP) is -0.458. The Hall–Kier alpha value is -1.43. The molecule has 2 heterocycles. The van der Waals surface area contributed by atoms with E-state index in [-0.39, 0.29) is 12.6 Å². The van der Waals surface area contributed by atoms with E-state index in [0.717, 1.165) is 16.8 Å². The Kier molecular flexibility index (Phi) is 7.06. The fraction of sp³-hybridized carbons (Fsp3) is 0.643. The Morgan fingerprint density at radius 3 is 2.78 bits per heavy atom. The molecule has 0 aliphatic carbocycles. The van der Waals surface area contributed by atoms with Crippen LogP contribution in [0.3, 0.4) is 0 Å². The molecule has 1 aliphatic heterocycles. The average molecular weight is 425 g/mol. The van der Waals surface area contributed by atoms with E-state index in [1.807, 2.05) is 4.98 Å². The van der Waals surface area contributed by atoms with E-state index in [4.69, 9.17) is 26.4 Å². The lowest BCUT2D eigenvalue weighted by Gasteiger charge is -2.24. The minimum absolute atomic E-state index is 0.173. The van der Waals surface area contributed by atoms with Crippen molar-refractivity contribution >= 4 is 24.2 Å². The largest absolute Gasteiger partial charge is 0.481 e. The molecule has 27 heavy (non-hydrogen) atoms. The van der Waals surface area contributed by atoms with E-state index in [1.165, 1.54) is 0 Å². The molecule has 2 rings (SSSR count). The molecule has 1 aromatic heterocycles. The number of H-pyrrole nitrogens is 1. The number of ether oxygens (including phenoxy) is 2. The lowest BCUT2D eigenvalue weighted by molar-refractivity contribution is -0.134. The third-order valence-electron chi connectivity index (χ3n) is 3.71. The summed E-state index contributed by atoms with van der Waals surface area (Å²) in [6, 6.07) is 1.06. The van der Waals surface area contributed by atoms with Crippen LogP contribution in [0.5, 0.6) is 0 Å². The molecular formula is C14H21FN3O7PS. The molecule has 152 valence electrons. The summed E-state index contributed by atoms with van der Waals surface area (Å²) in [5.41, 5.74) is -1.47. The highest BCUT2D eigenvalue weighted by Crippen LogP contribution is 2.38. The van der Waals surface area contributed by atoms with Gasteiger partial charge in [-0.1, -0.05) is 0 Å². The fourth-order valence-corrected chi connectivity index (χ4v) is 4.16. The topological polar surface area (TPSA) is 143 Å². The van der Waals surface area contributed by atoms with Crippen molar-refractivity contribution in [3.05, 3.63) is 33.1 Å². The van der Waals surface area contributed by atoms with Gasteiger partial charge in [0.2, 0.25) is 0 Å². The van der Waals surface area contributed by atoms with Gasteiger partial charge in [-0.05, 0) is 25.7 Å². The normalized spacial score (nSPS) is 27.6. The highest BCUT2D eigenvalue weighted by atomic mass is 32.4. The molecule has 1 aliphatic rings. The average Bonchev–Trinajstić information content (AvgIpc) is 2.80. The lowest BCUT2D eigenvalue weighted by atomic mass is 10.1. The summed E-state index contributed by atoms with van der Waals surface area (Å²) in [6.45, 7) is 3.21. The minimum atomic E-state index is -3.38. The quantitative estimate of drug-likeness (QED) is 0.407. The van der Waals surface area contributed by atoms with E-state index >= 15 is 0 Å². The number of carboxylic acid groups (broad SMARTS) is 1. The number of hydrogen-bond acceptors (Lipinski definition) is 6. The first-order valence-electron chi connectivity index (χ1n) is 8.05. The molecule has 10 nitrogen and oxygen atoms in total. The first-order valence-corrected chi connectivity index (χ1v) is 11.0. The zero-order chi connectivity index (χ0) is 20.4. The Balaban J connectivity index is 2.22. The molecule has 0 radical (unpaired) electrons. The van der Waals surface area contributed by atoms with Crippen LogP contribution in [-0.4, -0.2) is 62.7 Å². The second-order valence-electron chi connectivity index (χ2n) is 6.29. The number of hydrogen-bond donors (Lipinski definition) is 4. The monoisotopic (exact) mass is 425 g/mol. The van der Waals surface area contributed by atoms with E-state index in [1.54, 1.807) is 13.8 Å². The van der Waals surface area contributed by atoms with Gasteiger partial charge in [-0.15, -0.1) is 0 Å². The van der Waals surface area contributed by atoms with Crippen LogP contribution in [-0.2, 0) is 26.1 Å². The maximum Gasteiger partial charge on any atom is 0.330 e. The number of aromatic amines is 1. The molecule has 1 aromatic rings. The van der Waals surface area contributed by atoms with Crippen molar-refractivity contribution < 1.29 is 28.7 Å². The number of rotatable bonds is 8. The maximum absolute atomic E-state index is 15.0. The van der Waals surface area contributed by atoms with Crippen LogP contribution < -0.4 is 16.3 Å². The molecule has 1 unspecified atom stereocenters. The Morgan fingerprint density at radius 2 is 2.22 bits per heavy atom. The maximum atomic E-state index is 15.0. The highest BCUT2D eigenvalue weighted by molar-refractivity contribution is 8.11. The van der Waals surface area contributed by atoms with Crippen molar-refractivity contribution in [1.82, 2.24) is 14.6 Å². The number of nitrogens with zero attached hydrogens (tertiary/aromatic N) is 1.